The topological polar surface area (TPSA) is 47.9 Å². The van der Waals surface area contributed by atoms with E-state index in [-0.39, 0.29) is 5.91 Å². The second-order valence-corrected chi connectivity index (χ2v) is 6.65. The van der Waals surface area contributed by atoms with Crippen molar-refractivity contribution in [3.8, 4) is 0 Å². The molecule has 1 N–H and O–H groups in total. The smallest absolute Gasteiger partial charge is 0.223 e. The Labute approximate surface area is 128 Å². The van der Waals surface area contributed by atoms with Crippen molar-refractivity contribution in [2.24, 2.45) is 10.4 Å². The van der Waals surface area contributed by atoms with Crippen molar-refractivity contribution in [2.45, 2.75) is 45.4 Å². The summed E-state index contributed by atoms with van der Waals surface area (Å²) in [4.78, 5) is 20.3. The zero-order valence-corrected chi connectivity index (χ0v) is 13.8. The number of hydrogen-bond donors (Lipinski definition) is 1. The molecule has 120 valence electrons. The first-order chi connectivity index (χ1) is 10.1. The van der Waals surface area contributed by atoms with Crippen LogP contribution in [0.2, 0.25) is 0 Å². The molecule has 1 saturated carbocycles. The predicted octanol–water partition coefficient (Wildman–Crippen LogP) is 1.70. The Hall–Kier alpha value is -1.26. The number of likely N-dealkylation sites (tertiary alicyclic amines) is 1. The highest BCUT2D eigenvalue weighted by Crippen LogP contribution is 2.45. The van der Waals surface area contributed by atoms with Crippen molar-refractivity contribution in [3.63, 3.8) is 0 Å². The monoisotopic (exact) mass is 294 g/mol. The Balaban J connectivity index is 1.91. The molecule has 5 nitrogen and oxygen atoms in total. The minimum atomic E-state index is 0.142. The number of nitrogens with one attached hydrogen (secondary N) is 1. The molecule has 1 spiro atoms. The first-order valence-electron chi connectivity index (χ1n) is 8.30. The van der Waals surface area contributed by atoms with Gasteiger partial charge in [-0.1, -0.05) is 12.8 Å². The summed E-state index contributed by atoms with van der Waals surface area (Å²) in [6.07, 6.45) is 7.32. The maximum Gasteiger partial charge on any atom is 0.223 e. The summed E-state index contributed by atoms with van der Waals surface area (Å²) in [6, 6.07) is 0. The van der Waals surface area contributed by atoms with Crippen molar-refractivity contribution < 1.29 is 4.79 Å². The van der Waals surface area contributed by atoms with Crippen molar-refractivity contribution in [1.29, 1.82) is 0 Å². The van der Waals surface area contributed by atoms with E-state index in [1.807, 2.05) is 0 Å². The van der Waals surface area contributed by atoms with Crippen molar-refractivity contribution in [1.82, 2.24) is 15.1 Å². The predicted molar refractivity (Wildman–Crippen MR) is 86.4 cm³/mol. The van der Waals surface area contributed by atoms with E-state index < -0.39 is 0 Å². The van der Waals surface area contributed by atoms with E-state index in [2.05, 4.69) is 22.1 Å². The molecule has 1 saturated heterocycles. The third-order valence-electron chi connectivity index (χ3n) is 4.82. The Bertz CT molecular complexity index is 386. The molecule has 5 heteroatoms. The zero-order chi connectivity index (χ0) is 15.3. The number of carbonyl (C=O) groups excluding carboxylic acids is 1. The third-order valence-corrected chi connectivity index (χ3v) is 4.82. The van der Waals surface area contributed by atoms with Gasteiger partial charge in [0.25, 0.3) is 0 Å². The van der Waals surface area contributed by atoms with Gasteiger partial charge in [-0.3, -0.25) is 9.79 Å². The number of amides is 1. The Morgan fingerprint density at radius 2 is 2.00 bits per heavy atom. The molecular weight excluding hydrogens is 264 g/mol. The molecule has 1 heterocycles. The quantitative estimate of drug-likeness (QED) is 0.634. The van der Waals surface area contributed by atoms with Gasteiger partial charge in [-0.25, -0.2) is 0 Å². The highest BCUT2D eigenvalue weighted by molar-refractivity contribution is 5.81. The third kappa shape index (κ3) is 4.11. The van der Waals surface area contributed by atoms with E-state index in [9.17, 15) is 4.79 Å². The van der Waals surface area contributed by atoms with Gasteiger partial charge in [0.1, 0.15) is 0 Å². The summed E-state index contributed by atoms with van der Waals surface area (Å²) in [5.41, 5.74) is 0.551. The molecule has 0 aromatic heterocycles. The van der Waals surface area contributed by atoms with E-state index in [1.165, 1.54) is 32.1 Å². The van der Waals surface area contributed by atoms with Gasteiger partial charge >= 0.3 is 0 Å². The lowest BCUT2D eigenvalue weighted by Crippen LogP contribution is -2.41. The van der Waals surface area contributed by atoms with Gasteiger partial charge in [0.05, 0.1) is 6.54 Å². The van der Waals surface area contributed by atoms with Crippen LogP contribution in [0.5, 0.6) is 0 Å². The van der Waals surface area contributed by atoms with Gasteiger partial charge in [0, 0.05) is 40.2 Å². The fourth-order valence-corrected chi connectivity index (χ4v) is 3.56. The number of aliphatic imine (C=N–C) groups is 1. The number of guanidine groups is 1. The van der Waals surface area contributed by atoms with E-state index >= 15 is 0 Å². The molecular formula is C16H30N4O. The van der Waals surface area contributed by atoms with Crippen molar-refractivity contribution in [2.75, 3.05) is 40.3 Å². The Morgan fingerprint density at radius 3 is 2.62 bits per heavy atom. The summed E-state index contributed by atoms with van der Waals surface area (Å²) >= 11 is 0. The van der Waals surface area contributed by atoms with Crippen molar-refractivity contribution in [3.05, 3.63) is 0 Å². The first-order valence-corrected chi connectivity index (χ1v) is 8.30. The van der Waals surface area contributed by atoms with E-state index in [1.54, 1.807) is 19.0 Å². The molecule has 0 bridgehead atoms. The molecule has 0 radical (unpaired) electrons. The molecule has 2 aliphatic rings. The number of carbonyl (C=O) groups is 1. The highest BCUT2D eigenvalue weighted by atomic mass is 16.2. The van der Waals surface area contributed by atoms with E-state index in [4.69, 9.17) is 0 Å². The van der Waals surface area contributed by atoms with E-state index in [0.29, 0.717) is 18.4 Å². The molecule has 1 amide bonds. The van der Waals surface area contributed by atoms with Crippen LogP contribution >= 0.6 is 0 Å². The number of rotatable bonds is 4. The van der Waals surface area contributed by atoms with Crippen LogP contribution in [0.15, 0.2) is 4.99 Å². The van der Waals surface area contributed by atoms with Crippen LogP contribution in [0, 0.1) is 5.41 Å². The van der Waals surface area contributed by atoms with Gasteiger partial charge in [0.2, 0.25) is 5.91 Å². The molecule has 2 fully saturated rings. The summed E-state index contributed by atoms with van der Waals surface area (Å²) in [7, 11) is 3.59. The van der Waals surface area contributed by atoms with Crippen LogP contribution in [-0.4, -0.2) is 61.9 Å². The SMILES string of the molecule is CCNC(=NCCC(=O)N(C)C)N1CCC2(CCCC2)C1. The van der Waals surface area contributed by atoms with Crippen LogP contribution in [0.4, 0.5) is 0 Å². The highest BCUT2D eigenvalue weighted by Gasteiger charge is 2.41. The Kier molecular flexibility index (Phi) is 5.48. The summed E-state index contributed by atoms with van der Waals surface area (Å²) in [5.74, 6) is 1.14. The summed E-state index contributed by atoms with van der Waals surface area (Å²) in [5, 5.41) is 3.38. The second kappa shape index (κ2) is 7.14. The number of hydrogen-bond acceptors (Lipinski definition) is 2. The molecule has 21 heavy (non-hydrogen) atoms. The summed E-state index contributed by atoms with van der Waals surface area (Å²) in [6.45, 7) is 5.79. The van der Waals surface area contributed by atoms with Crippen LogP contribution in [0.1, 0.15) is 45.4 Å². The average Bonchev–Trinajstić information content (AvgIpc) is 3.08. The molecule has 0 aromatic rings. The maximum atomic E-state index is 11.6. The largest absolute Gasteiger partial charge is 0.357 e. The standard InChI is InChI=1S/C16H30N4O/c1-4-17-15(18-11-7-14(21)19(2)3)20-12-10-16(13-20)8-5-6-9-16/h4-13H2,1-3H3,(H,17,18). The molecule has 1 aliphatic heterocycles. The van der Waals surface area contributed by atoms with Gasteiger partial charge in [-0.2, -0.15) is 0 Å². The van der Waals surface area contributed by atoms with Gasteiger partial charge in [0.15, 0.2) is 5.96 Å². The fraction of sp³-hybridized carbons (Fsp3) is 0.875. The zero-order valence-electron chi connectivity index (χ0n) is 13.8. The molecule has 1 aliphatic carbocycles. The van der Waals surface area contributed by atoms with Crippen LogP contribution in [-0.2, 0) is 4.79 Å². The van der Waals surface area contributed by atoms with E-state index in [0.717, 1.165) is 25.6 Å². The molecule has 0 unspecified atom stereocenters. The first kappa shape index (κ1) is 16.1. The fourth-order valence-electron chi connectivity index (χ4n) is 3.56. The molecule has 2 rings (SSSR count). The Morgan fingerprint density at radius 1 is 1.29 bits per heavy atom. The molecule has 0 atom stereocenters. The van der Waals surface area contributed by atoms with Crippen LogP contribution in [0.3, 0.4) is 0 Å². The van der Waals surface area contributed by atoms with Gasteiger partial charge < -0.3 is 15.1 Å². The summed E-state index contributed by atoms with van der Waals surface area (Å²) < 4.78 is 0. The minimum Gasteiger partial charge on any atom is -0.357 e. The average molecular weight is 294 g/mol. The van der Waals surface area contributed by atoms with Crippen molar-refractivity contribution >= 4 is 11.9 Å². The lowest BCUT2D eigenvalue weighted by Gasteiger charge is -2.26. The lowest BCUT2D eigenvalue weighted by atomic mass is 9.86. The second-order valence-electron chi connectivity index (χ2n) is 6.65. The van der Waals surface area contributed by atoms with Gasteiger partial charge in [-0.05, 0) is 31.6 Å². The lowest BCUT2D eigenvalue weighted by molar-refractivity contribution is -0.128. The van der Waals surface area contributed by atoms with Crippen LogP contribution < -0.4 is 5.32 Å². The van der Waals surface area contributed by atoms with Gasteiger partial charge in [-0.15, -0.1) is 0 Å². The maximum absolute atomic E-state index is 11.6. The number of nitrogens with zero attached hydrogens (tertiary/aromatic N) is 3. The van der Waals surface area contributed by atoms with Crippen LogP contribution in [0.25, 0.3) is 0 Å². The minimum absolute atomic E-state index is 0.142. The normalized spacial score (nSPS) is 21.1. The molecule has 0 aromatic carbocycles.